The van der Waals surface area contributed by atoms with Crippen LogP contribution in [0.3, 0.4) is 0 Å². The molecule has 1 atom stereocenters. The Bertz CT molecular complexity index is 903. The fourth-order valence-corrected chi connectivity index (χ4v) is 4.00. The van der Waals surface area contributed by atoms with Crippen molar-refractivity contribution in [2.45, 2.75) is 25.9 Å². The number of terminal acetylenes is 1. The molecule has 2 nitrogen and oxygen atoms in total. The quantitative estimate of drug-likeness (QED) is 0.651. The fourth-order valence-electron chi connectivity index (χ4n) is 3.34. The first-order chi connectivity index (χ1) is 11.2. The molecule has 0 bridgehead atoms. The first-order valence-corrected chi connectivity index (χ1v) is 8.78. The highest BCUT2D eigenvalue weighted by Crippen LogP contribution is 2.30. The summed E-state index contributed by atoms with van der Waals surface area (Å²) in [4.78, 5) is 6.98. The Labute approximate surface area is 140 Å². The van der Waals surface area contributed by atoms with Crippen LogP contribution in [0.4, 0.5) is 0 Å². The van der Waals surface area contributed by atoms with E-state index in [0.717, 1.165) is 30.6 Å². The van der Waals surface area contributed by atoms with E-state index in [9.17, 15) is 0 Å². The summed E-state index contributed by atoms with van der Waals surface area (Å²) >= 11 is 1.70. The lowest BCUT2D eigenvalue weighted by atomic mass is 9.95. The Morgan fingerprint density at radius 3 is 3.00 bits per heavy atom. The van der Waals surface area contributed by atoms with Crippen molar-refractivity contribution in [2.75, 3.05) is 6.54 Å². The molecule has 4 rings (SSSR count). The molecule has 1 aliphatic rings. The summed E-state index contributed by atoms with van der Waals surface area (Å²) in [6.07, 6.45) is 6.57. The number of fused-ring (bicyclic) bond motifs is 2. The zero-order valence-corrected chi connectivity index (χ0v) is 13.9. The molecule has 114 valence electrons. The van der Waals surface area contributed by atoms with Gasteiger partial charge in [0.2, 0.25) is 0 Å². The second kappa shape index (κ2) is 5.81. The van der Waals surface area contributed by atoms with E-state index in [1.54, 1.807) is 11.3 Å². The van der Waals surface area contributed by atoms with Crippen LogP contribution in [-0.4, -0.2) is 16.4 Å². The van der Waals surface area contributed by atoms with Crippen molar-refractivity contribution in [3.8, 4) is 12.3 Å². The van der Waals surface area contributed by atoms with Gasteiger partial charge in [-0.3, -0.25) is 4.90 Å². The summed E-state index contributed by atoms with van der Waals surface area (Å²) in [5, 5.41) is 0. The highest BCUT2D eigenvalue weighted by Gasteiger charge is 2.22. The van der Waals surface area contributed by atoms with Crippen LogP contribution in [0.25, 0.3) is 10.2 Å². The minimum Gasteiger partial charge on any atom is -0.292 e. The van der Waals surface area contributed by atoms with Gasteiger partial charge in [-0.25, -0.2) is 4.98 Å². The van der Waals surface area contributed by atoms with Crippen LogP contribution in [0.1, 0.15) is 35.2 Å². The largest absolute Gasteiger partial charge is 0.292 e. The number of thiazole rings is 1. The lowest BCUT2D eigenvalue weighted by Gasteiger charge is -2.34. The van der Waals surface area contributed by atoms with E-state index in [0.29, 0.717) is 6.04 Å². The number of hydrogen-bond donors (Lipinski definition) is 0. The topological polar surface area (TPSA) is 16.1 Å². The summed E-state index contributed by atoms with van der Waals surface area (Å²) in [6, 6.07) is 13.5. The molecule has 3 aromatic rings. The molecule has 0 spiro atoms. The summed E-state index contributed by atoms with van der Waals surface area (Å²) in [5.74, 6) is 2.73. The summed E-state index contributed by atoms with van der Waals surface area (Å²) in [5.41, 5.74) is 8.15. The second-order valence-corrected chi connectivity index (χ2v) is 6.99. The van der Waals surface area contributed by atoms with E-state index in [-0.39, 0.29) is 0 Å². The Morgan fingerprint density at radius 1 is 1.22 bits per heavy atom. The van der Waals surface area contributed by atoms with Crippen molar-refractivity contribution < 1.29 is 0 Å². The van der Waals surface area contributed by atoms with Gasteiger partial charge in [0.15, 0.2) is 0 Å². The molecule has 0 fully saturated rings. The van der Waals surface area contributed by atoms with Crippen molar-refractivity contribution in [3.05, 3.63) is 64.2 Å². The molecule has 23 heavy (non-hydrogen) atoms. The third-order valence-electron chi connectivity index (χ3n) is 4.80. The molecule has 2 heterocycles. The van der Waals surface area contributed by atoms with Gasteiger partial charge in [-0.1, -0.05) is 18.1 Å². The van der Waals surface area contributed by atoms with Gasteiger partial charge in [0.05, 0.1) is 15.7 Å². The predicted molar refractivity (Wildman–Crippen MR) is 96.5 cm³/mol. The molecular weight excluding hydrogens is 300 g/mol. The van der Waals surface area contributed by atoms with Crippen molar-refractivity contribution >= 4 is 21.6 Å². The van der Waals surface area contributed by atoms with Gasteiger partial charge in [-0.15, -0.1) is 17.8 Å². The third-order valence-corrected chi connectivity index (χ3v) is 5.61. The first kappa shape index (κ1) is 14.4. The van der Waals surface area contributed by atoms with Crippen molar-refractivity contribution in [1.82, 2.24) is 9.88 Å². The molecule has 2 aromatic carbocycles. The molecule has 0 aliphatic carbocycles. The smallest absolute Gasteiger partial charge is 0.0815 e. The first-order valence-electron chi connectivity index (χ1n) is 7.90. The second-order valence-electron chi connectivity index (χ2n) is 6.10. The monoisotopic (exact) mass is 318 g/mol. The number of nitrogens with zero attached hydrogens (tertiary/aromatic N) is 2. The van der Waals surface area contributed by atoms with Crippen LogP contribution >= 0.6 is 11.3 Å². The number of hydrogen-bond acceptors (Lipinski definition) is 3. The molecular formula is C20H18N2S. The van der Waals surface area contributed by atoms with E-state index in [1.807, 2.05) is 11.6 Å². The molecule has 0 radical (unpaired) electrons. The molecule has 1 unspecified atom stereocenters. The Hall–Kier alpha value is -2.15. The minimum absolute atomic E-state index is 0.390. The average Bonchev–Trinajstić information content (AvgIpc) is 3.07. The van der Waals surface area contributed by atoms with Crippen LogP contribution in [-0.2, 0) is 13.0 Å². The molecule has 0 saturated heterocycles. The van der Waals surface area contributed by atoms with Crippen LogP contribution in [0, 0.1) is 12.3 Å². The van der Waals surface area contributed by atoms with Gasteiger partial charge in [-0.2, -0.15) is 0 Å². The van der Waals surface area contributed by atoms with E-state index in [1.165, 1.54) is 21.4 Å². The van der Waals surface area contributed by atoms with Crippen LogP contribution in [0.5, 0.6) is 0 Å². The highest BCUT2D eigenvalue weighted by molar-refractivity contribution is 7.16. The highest BCUT2D eigenvalue weighted by atomic mass is 32.1. The standard InChI is InChI=1S/C20H18N2S/c1-3-15-4-5-18-12-22(9-8-17(18)10-15)14(2)16-6-7-20-19(11-16)21-13-23-20/h1,4-7,10-11,13-14H,8-9,12H2,2H3. The maximum absolute atomic E-state index is 5.51. The number of rotatable bonds is 2. The van der Waals surface area contributed by atoms with Gasteiger partial charge in [0.1, 0.15) is 0 Å². The summed E-state index contributed by atoms with van der Waals surface area (Å²) in [6.45, 7) is 4.34. The van der Waals surface area contributed by atoms with Gasteiger partial charge in [0.25, 0.3) is 0 Å². The maximum atomic E-state index is 5.51. The molecule has 0 saturated carbocycles. The lowest BCUT2D eigenvalue weighted by molar-refractivity contribution is 0.192. The zero-order valence-electron chi connectivity index (χ0n) is 13.1. The van der Waals surface area contributed by atoms with Gasteiger partial charge >= 0.3 is 0 Å². The maximum Gasteiger partial charge on any atom is 0.0815 e. The lowest BCUT2D eigenvalue weighted by Crippen LogP contribution is -2.32. The van der Waals surface area contributed by atoms with Crippen LogP contribution in [0.15, 0.2) is 41.9 Å². The number of benzene rings is 2. The van der Waals surface area contributed by atoms with Crippen LogP contribution < -0.4 is 0 Å². The average molecular weight is 318 g/mol. The third kappa shape index (κ3) is 2.65. The van der Waals surface area contributed by atoms with E-state index in [2.05, 4.69) is 53.1 Å². The molecule has 1 aromatic heterocycles. The molecule has 3 heteroatoms. The van der Waals surface area contributed by atoms with E-state index in [4.69, 9.17) is 6.42 Å². The molecule has 1 aliphatic heterocycles. The summed E-state index contributed by atoms with van der Waals surface area (Å²) < 4.78 is 1.26. The number of aromatic nitrogens is 1. The van der Waals surface area contributed by atoms with Crippen molar-refractivity contribution in [1.29, 1.82) is 0 Å². The Kier molecular flexibility index (Phi) is 3.65. The molecule has 0 amide bonds. The predicted octanol–water partition coefficient (Wildman–Crippen LogP) is 4.40. The van der Waals surface area contributed by atoms with Crippen molar-refractivity contribution in [2.24, 2.45) is 0 Å². The van der Waals surface area contributed by atoms with Gasteiger partial charge in [0, 0.05) is 24.7 Å². The Morgan fingerprint density at radius 2 is 2.13 bits per heavy atom. The summed E-state index contributed by atoms with van der Waals surface area (Å²) in [7, 11) is 0. The normalized spacial score (nSPS) is 16.0. The zero-order chi connectivity index (χ0) is 15.8. The molecule has 0 N–H and O–H groups in total. The fraction of sp³-hybridized carbons (Fsp3) is 0.250. The minimum atomic E-state index is 0.390. The van der Waals surface area contributed by atoms with Gasteiger partial charge in [-0.05, 0) is 54.3 Å². The van der Waals surface area contributed by atoms with Crippen molar-refractivity contribution in [3.63, 3.8) is 0 Å². The van der Waals surface area contributed by atoms with Crippen LogP contribution in [0.2, 0.25) is 0 Å². The van der Waals surface area contributed by atoms with E-state index >= 15 is 0 Å². The van der Waals surface area contributed by atoms with E-state index < -0.39 is 0 Å². The Balaban J connectivity index is 1.59. The van der Waals surface area contributed by atoms with Gasteiger partial charge < -0.3 is 0 Å². The SMILES string of the molecule is C#Cc1ccc2c(c1)CCN(C(C)c1ccc3scnc3c1)C2.